The summed E-state index contributed by atoms with van der Waals surface area (Å²) in [5.74, 6) is 2.16. The molecule has 1 aliphatic heterocycles. The van der Waals surface area contributed by atoms with Gasteiger partial charge in [-0.2, -0.15) is 4.98 Å². The normalized spacial score (nSPS) is 25.9. The van der Waals surface area contributed by atoms with Crippen LogP contribution >= 0.6 is 0 Å². The molecule has 5 nitrogen and oxygen atoms in total. The number of ether oxygens (including phenoxy) is 1. The van der Waals surface area contributed by atoms with Gasteiger partial charge in [0.1, 0.15) is 0 Å². The van der Waals surface area contributed by atoms with Crippen molar-refractivity contribution in [3.63, 3.8) is 0 Å². The number of nitrogens with zero attached hydrogens (tertiary/aromatic N) is 2. The number of aromatic nitrogens is 2. The molecule has 1 saturated carbocycles. The van der Waals surface area contributed by atoms with E-state index in [2.05, 4.69) is 10.1 Å². The minimum Gasteiger partial charge on any atom is -0.381 e. The van der Waals surface area contributed by atoms with Gasteiger partial charge in [0.2, 0.25) is 5.89 Å². The van der Waals surface area contributed by atoms with Crippen molar-refractivity contribution >= 4 is 0 Å². The van der Waals surface area contributed by atoms with E-state index in [1.54, 1.807) is 0 Å². The van der Waals surface area contributed by atoms with Gasteiger partial charge in [0.25, 0.3) is 0 Å². The molecule has 2 N–H and O–H groups in total. The van der Waals surface area contributed by atoms with E-state index in [0.717, 1.165) is 50.7 Å². The van der Waals surface area contributed by atoms with Crippen LogP contribution in [0.2, 0.25) is 0 Å². The summed E-state index contributed by atoms with van der Waals surface area (Å²) < 4.78 is 10.8. The van der Waals surface area contributed by atoms with Gasteiger partial charge >= 0.3 is 0 Å². The molecule has 1 aromatic heterocycles. The van der Waals surface area contributed by atoms with E-state index >= 15 is 0 Å². The van der Waals surface area contributed by atoms with Crippen molar-refractivity contribution in [2.45, 2.75) is 51.4 Å². The summed E-state index contributed by atoms with van der Waals surface area (Å²) in [6, 6.07) is 0. The highest BCUT2D eigenvalue weighted by atomic mass is 16.5. The molecule has 1 aliphatic carbocycles. The fourth-order valence-corrected chi connectivity index (χ4v) is 3.52. The number of nitrogens with two attached hydrogens (primary N) is 1. The Morgan fingerprint density at radius 1 is 1.25 bits per heavy atom. The molecule has 2 aliphatic rings. The Hall–Kier alpha value is -0.940. The predicted molar refractivity (Wildman–Crippen MR) is 75.2 cm³/mol. The van der Waals surface area contributed by atoms with Crippen molar-refractivity contribution in [2.75, 3.05) is 19.8 Å². The SMILES string of the molecule is NCC1(Cc2nc(CC3CCOC3)no2)CCCCC1. The van der Waals surface area contributed by atoms with Crippen LogP contribution in [-0.2, 0) is 17.6 Å². The van der Waals surface area contributed by atoms with Gasteiger partial charge in [0.15, 0.2) is 5.82 Å². The van der Waals surface area contributed by atoms with E-state index in [1.807, 2.05) is 0 Å². The Morgan fingerprint density at radius 3 is 2.80 bits per heavy atom. The van der Waals surface area contributed by atoms with Crippen LogP contribution in [0.3, 0.4) is 0 Å². The molecule has 1 atom stereocenters. The summed E-state index contributed by atoms with van der Waals surface area (Å²) in [6.07, 6.45) is 9.09. The van der Waals surface area contributed by atoms with Crippen molar-refractivity contribution in [2.24, 2.45) is 17.1 Å². The van der Waals surface area contributed by atoms with Crippen LogP contribution in [-0.4, -0.2) is 29.9 Å². The van der Waals surface area contributed by atoms with Crippen LogP contribution in [0, 0.1) is 11.3 Å². The predicted octanol–water partition coefficient (Wildman–Crippen LogP) is 2.10. The van der Waals surface area contributed by atoms with E-state index in [9.17, 15) is 0 Å². The van der Waals surface area contributed by atoms with E-state index in [0.29, 0.717) is 5.92 Å². The van der Waals surface area contributed by atoms with E-state index in [4.69, 9.17) is 15.0 Å². The lowest BCUT2D eigenvalue weighted by atomic mass is 9.72. The van der Waals surface area contributed by atoms with Crippen molar-refractivity contribution in [1.82, 2.24) is 10.1 Å². The van der Waals surface area contributed by atoms with Gasteiger partial charge < -0.3 is 15.0 Å². The van der Waals surface area contributed by atoms with Gasteiger partial charge in [-0.15, -0.1) is 0 Å². The summed E-state index contributed by atoms with van der Waals surface area (Å²) in [6.45, 7) is 2.42. The molecule has 20 heavy (non-hydrogen) atoms. The summed E-state index contributed by atoms with van der Waals surface area (Å²) in [4.78, 5) is 4.57. The third-order valence-electron chi connectivity index (χ3n) is 4.88. The molecular formula is C15H25N3O2. The van der Waals surface area contributed by atoms with Gasteiger partial charge in [0.05, 0.1) is 0 Å². The molecular weight excluding hydrogens is 254 g/mol. The third kappa shape index (κ3) is 3.20. The van der Waals surface area contributed by atoms with Gasteiger partial charge in [-0.05, 0) is 37.1 Å². The van der Waals surface area contributed by atoms with Crippen LogP contribution in [0.15, 0.2) is 4.52 Å². The van der Waals surface area contributed by atoms with Gasteiger partial charge in [-0.1, -0.05) is 24.4 Å². The zero-order valence-electron chi connectivity index (χ0n) is 12.1. The average Bonchev–Trinajstić information content (AvgIpc) is 3.13. The molecule has 0 radical (unpaired) electrons. The molecule has 0 amide bonds. The second kappa shape index (κ2) is 6.22. The Morgan fingerprint density at radius 2 is 2.10 bits per heavy atom. The molecule has 1 saturated heterocycles. The molecule has 3 rings (SSSR count). The first-order valence-electron chi connectivity index (χ1n) is 7.89. The second-order valence-electron chi connectivity index (χ2n) is 6.48. The number of hydrogen-bond acceptors (Lipinski definition) is 5. The molecule has 5 heteroatoms. The Balaban J connectivity index is 1.60. The highest BCUT2D eigenvalue weighted by Crippen LogP contribution is 2.38. The van der Waals surface area contributed by atoms with Crippen molar-refractivity contribution in [1.29, 1.82) is 0 Å². The fourth-order valence-electron chi connectivity index (χ4n) is 3.52. The first kappa shape index (κ1) is 14.0. The zero-order valence-corrected chi connectivity index (χ0v) is 12.1. The fraction of sp³-hybridized carbons (Fsp3) is 0.867. The van der Waals surface area contributed by atoms with Gasteiger partial charge in [0, 0.05) is 26.1 Å². The summed E-state index contributed by atoms with van der Waals surface area (Å²) in [5, 5.41) is 4.13. The molecule has 112 valence electrons. The molecule has 2 fully saturated rings. The van der Waals surface area contributed by atoms with Crippen LogP contribution in [0.5, 0.6) is 0 Å². The Labute approximate surface area is 120 Å². The van der Waals surface area contributed by atoms with Crippen molar-refractivity contribution in [3.05, 3.63) is 11.7 Å². The molecule has 1 unspecified atom stereocenters. The lowest BCUT2D eigenvalue weighted by Crippen LogP contribution is -2.35. The third-order valence-corrected chi connectivity index (χ3v) is 4.88. The largest absolute Gasteiger partial charge is 0.381 e. The smallest absolute Gasteiger partial charge is 0.227 e. The van der Waals surface area contributed by atoms with E-state index < -0.39 is 0 Å². The highest BCUT2D eigenvalue weighted by Gasteiger charge is 2.33. The first-order chi connectivity index (χ1) is 9.80. The first-order valence-corrected chi connectivity index (χ1v) is 7.89. The van der Waals surface area contributed by atoms with Crippen molar-refractivity contribution in [3.8, 4) is 0 Å². The van der Waals surface area contributed by atoms with Crippen LogP contribution in [0.1, 0.15) is 50.2 Å². The lowest BCUT2D eigenvalue weighted by Gasteiger charge is -2.34. The van der Waals surface area contributed by atoms with Gasteiger partial charge in [-0.3, -0.25) is 0 Å². The van der Waals surface area contributed by atoms with E-state index in [1.165, 1.54) is 32.1 Å². The van der Waals surface area contributed by atoms with Crippen LogP contribution < -0.4 is 5.73 Å². The topological polar surface area (TPSA) is 74.2 Å². The monoisotopic (exact) mass is 279 g/mol. The Bertz CT molecular complexity index is 421. The molecule has 0 spiro atoms. The summed E-state index contributed by atoms with van der Waals surface area (Å²) in [5.41, 5.74) is 6.21. The molecule has 0 aromatic carbocycles. The molecule has 0 bridgehead atoms. The maximum absolute atomic E-state index is 6.02. The quantitative estimate of drug-likeness (QED) is 0.893. The van der Waals surface area contributed by atoms with Crippen molar-refractivity contribution < 1.29 is 9.26 Å². The number of rotatable bonds is 5. The minimum atomic E-state index is 0.193. The maximum Gasteiger partial charge on any atom is 0.227 e. The average molecular weight is 279 g/mol. The van der Waals surface area contributed by atoms with Gasteiger partial charge in [-0.25, -0.2) is 0 Å². The summed E-state index contributed by atoms with van der Waals surface area (Å²) in [7, 11) is 0. The Kier molecular flexibility index (Phi) is 4.36. The minimum absolute atomic E-state index is 0.193. The number of hydrogen-bond donors (Lipinski definition) is 1. The highest BCUT2D eigenvalue weighted by molar-refractivity contribution is 4.96. The standard InChI is InChI=1S/C15H25N3O2/c16-11-15(5-2-1-3-6-15)9-14-17-13(18-20-14)8-12-4-7-19-10-12/h12H,1-11,16H2. The zero-order chi connectivity index (χ0) is 13.8. The lowest BCUT2D eigenvalue weighted by molar-refractivity contribution is 0.177. The molecule has 2 heterocycles. The van der Waals surface area contributed by atoms with Crippen LogP contribution in [0.25, 0.3) is 0 Å². The second-order valence-corrected chi connectivity index (χ2v) is 6.48. The van der Waals surface area contributed by atoms with E-state index in [-0.39, 0.29) is 5.41 Å². The summed E-state index contributed by atoms with van der Waals surface area (Å²) >= 11 is 0. The molecule has 1 aromatic rings. The van der Waals surface area contributed by atoms with Crippen LogP contribution in [0.4, 0.5) is 0 Å². The maximum atomic E-state index is 6.02.